The third-order valence-electron chi connectivity index (χ3n) is 3.89. The molecule has 1 N–H and O–H groups in total. The van der Waals surface area contributed by atoms with Gasteiger partial charge in [-0.2, -0.15) is 0 Å². The van der Waals surface area contributed by atoms with Crippen molar-refractivity contribution in [1.82, 2.24) is 5.32 Å². The Morgan fingerprint density at radius 3 is 2.60 bits per heavy atom. The summed E-state index contributed by atoms with van der Waals surface area (Å²) in [6.07, 6.45) is 2.62. The molecule has 1 aliphatic rings. The Bertz CT molecular complexity index is 552. The van der Waals surface area contributed by atoms with E-state index in [4.69, 9.17) is 4.74 Å². The molecule has 0 spiro atoms. The Kier molecular flexibility index (Phi) is 4.03. The van der Waals surface area contributed by atoms with Crippen LogP contribution in [0, 0.1) is 5.92 Å². The summed E-state index contributed by atoms with van der Waals surface area (Å²) in [5, 5.41) is 3.61. The summed E-state index contributed by atoms with van der Waals surface area (Å²) >= 11 is 0. The number of para-hydroxylation sites is 1. The largest absolute Gasteiger partial charge is 0.457 e. The minimum absolute atomic E-state index is 0.721. The Morgan fingerprint density at radius 2 is 1.85 bits per heavy atom. The molecule has 1 aliphatic carbocycles. The zero-order valence-electron chi connectivity index (χ0n) is 11.9. The molecule has 20 heavy (non-hydrogen) atoms. The van der Waals surface area contributed by atoms with Crippen LogP contribution in [0.3, 0.4) is 0 Å². The van der Waals surface area contributed by atoms with Crippen molar-refractivity contribution >= 4 is 0 Å². The van der Waals surface area contributed by atoms with Crippen molar-refractivity contribution in [3.8, 4) is 11.5 Å². The van der Waals surface area contributed by atoms with Crippen molar-refractivity contribution in [3.63, 3.8) is 0 Å². The van der Waals surface area contributed by atoms with Crippen LogP contribution >= 0.6 is 0 Å². The molecule has 0 aromatic heterocycles. The second kappa shape index (κ2) is 6.10. The Balaban J connectivity index is 1.58. The van der Waals surface area contributed by atoms with Crippen LogP contribution in [0.15, 0.2) is 54.6 Å². The van der Waals surface area contributed by atoms with E-state index in [1.54, 1.807) is 0 Å². The quantitative estimate of drug-likeness (QED) is 0.839. The highest BCUT2D eigenvalue weighted by atomic mass is 16.5. The van der Waals surface area contributed by atoms with Gasteiger partial charge in [0.2, 0.25) is 0 Å². The molecule has 2 unspecified atom stereocenters. The molecule has 2 atom stereocenters. The van der Waals surface area contributed by atoms with E-state index in [9.17, 15) is 0 Å². The molecule has 104 valence electrons. The highest BCUT2D eigenvalue weighted by Crippen LogP contribution is 2.33. The molecule has 3 rings (SSSR count). The second-order valence-electron chi connectivity index (χ2n) is 5.45. The minimum Gasteiger partial charge on any atom is -0.457 e. The smallest absolute Gasteiger partial charge is 0.127 e. The first-order chi connectivity index (χ1) is 9.85. The molecule has 0 bridgehead atoms. The van der Waals surface area contributed by atoms with Gasteiger partial charge in [0.15, 0.2) is 0 Å². The number of nitrogens with one attached hydrogen (secondary N) is 1. The van der Waals surface area contributed by atoms with Crippen LogP contribution < -0.4 is 10.1 Å². The zero-order chi connectivity index (χ0) is 13.8. The molecule has 1 fully saturated rings. The summed E-state index contributed by atoms with van der Waals surface area (Å²) in [4.78, 5) is 0. The van der Waals surface area contributed by atoms with E-state index >= 15 is 0 Å². The Morgan fingerprint density at radius 1 is 1.05 bits per heavy atom. The van der Waals surface area contributed by atoms with Crippen molar-refractivity contribution in [2.45, 2.75) is 32.4 Å². The molecule has 0 heterocycles. The summed E-state index contributed by atoms with van der Waals surface area (Å²) in [5.74, 6) is 2.67. The van der Waals surface area contributed by atoms with Gasteiger partial charge in [-0.3, -0.25) is 0 Å². The van der Waals surface area contributed by atoms with Gasteiger partial charge >= 0.3 is 0 Å². The van der Waals surface area contributed by atoms with Crippen LogP contribution in [-0.2, 0) is 6.54 Å². The summed E-state index contributed by atoms with van der Waals surface area (Å²) in [6.45, 7) is 3.19. The average Bonchev–Trinajstić information content (AvgIpc) is 3.25. The maximum absolute atomic E-state index is 5.86. The number of ether oxygens (including phenoxy) is 1. The van der Waals surface area contributed by atoms with E-state index in [-0.39, 0.29) is 0 Å². The molecule has 1 saturated carbocycles. The molecular weight excluding hydrogens is 246 g/mol. The first-order valence-electron chi connectivity index (χ1n) is 7.40. The first kappa shape index (κ1) is 13.2. The van der Waals surface area contributed by atoms with Gasteiger partial charge in [0, 0.05) is 12.6 Å². The first-order valence-corrected chi connectivity index (χ1v) is 7.40. The molecule has 2 nitrogen and oxygen atoms in total. The lowest BCUT2D eigenvalue weighted by atomic mass is 10.2. The topological polar surface area (TPSA) is 21.3 Å². The zero-order valence-corrected chi connectivity index (χ0v) is 11.9. The van der Waals surface area contributed by atoms with E-state index < -0.39 is 0 Å². The van der Waals surface area contributed by atoms with Crippen molar-refractivity contribution in [2.24, 2.45) is 5.92 Å². The predicted molar refractivity (Wildman–Crippen MR) is 82.0 cm³/mol. The summed E-state index contributed by atoms with van der Waals surface area (Å²) in [5.41, 5.74) is 1.28. The summed E-state index contributed by atoms with van der Waals surface area (Å²) in [6, 6.07) is 18.9. The normalized spacial score (nSPS) is 20.6. The van der Waals surface area contributed by atoms with Gasteiger partial charge in [0.25, 0.3) is 0 Å². The third-order valence-corrected chi connectivity index (χ3v) is 3.89. The van der Waals surface area contributed by atoms with Crippen molar-refractivity contribution in [2.75, 3.05) is 0 Å². The number of benzene rings is 2. The fourth-order valence-electron chi connectivity index (χ4n) is 2.54. The van der Waals surface area contributed by atoms with Gasteiger partial charge in [-0.25, -0.2) is 0 Å². The second-order valence-corrected chi connectivity index (χ2v) is 5.45. The SMILES string of the molecule is CCC1CC1NCc1cccc(Oc2ccccc2)c1. The monoisotopic (exact) mass is 267 g/mol. The average molecular weight is 267 g/mol. The van der Waals surface area contributed by atoms with Gasteiger partial charge in [-0.15, -0.1) is 0 Å². The van der Waals surface area contributed by atoms with Gasteiger partial charge in [0.05, 0.1) is 0 Å². The molecule has 2 aromatic carbocycles. The van der Waals surface area contributed by atoms with E-state index in [1.165, 1.54) is 18.4 Å². The van der Waals surface area contributed by atoms with Crippen LogP contribution in [0.2, 0.25) is 0 Å². The third kappa shape index (κ3) is 3.40. The molecule has 2 aromatic rings. The maximum Gasteiger partial charge on any atom is 0.127 e. The van der Waals surface area contributed by atoms with Gasteiger partial charge in [0.1, 0.15) is 11.5 Å². The standard InChI is InChI=1S/C18H21NO/c1-2-15-12-18(15)19-13-14-7-6-10-17(11-14)20-16-8-4-3-5-9-16/h3-11,15,18-19H,2,12-13H2,1H3. The lowest BCUT2D eigenvalue weighted by molar-refractivity contribution is 0.481. The Labute approximate surface area is 120 Å². The van der Waals surface area contributed by atoms with Crippen molar-refractivity contribution in [1.29, 1.82) is 0 Å². The van der Waals surface area contributed by atoms with E-state index in [0.29, 0.717) is 0 Å². The highest BCUT2D eigenvalue weighted by Gasteiger charge is 2.34. The highest BCUT2D eigenvalue weighted by molar-refractivity contribution is 5.33. The van der Waals surface area contributed by atoms with Crippen LogP contribution in [0.4, 0.5) is 0 Å². The van der Waals surface area contributed by atoms with Crippen molar-refractivity contribution in [3.05, 3.63) is 60.2 Å². The van der Waals surface area contributed by atoms with E-state index in [0.717, 1.165) is 30.0 Å². The van der Waals surface area contributed by atoms with E-state index in [2.05, 4.69) is 30.4 Å². The fourth-order valence-corrected chi connectivity index (χ4v) is 2.54. The number of hydrogen-bond acceptors (Lipinski definition) is 2. The summed E-state index contributed by atoms with van der Waals surface area (Å²) < 4.78 is 5.86. The number of rotatable bonds is 6. The molecule has 0 radical (unpaired) electrons. The summed E-state index contributed by atoms with van der Waals surface area (Å²) in [7, 11) is 0. The van der Waals surface area contributed by atoms with Gasteiger partial charge < -0.3 is 10.1 Å². The lowest BCUT2D eigenvalue weighted by Gasteiger charge is -2.08. The van der Waals surface area contributed by atoms with Gasteiger partial charge in [-0.05, 0) is 42.2 Å². The van der Waals surface area contributed by atoms with Gasteiger partial charge in [-0.1, -0.05) is 43.7 Å². The predicted octanol–water partition coefficient (Wildman–Crippen LogP) is 4.37. The van der Waals surface area contributed by atoms with Crippen LogP contribution in [0.25, 0.3) is 0 Å². The van der Waals surface area contributed by atoms with Crippen LogP contribution in [0.1, 0.15) is 25.3 Å². The molecular formula is C18H21NO. The van der Waals surface area contributed by atoms with Crippen molar-refractivity contribution < 1.29 is 4.74 Å². The molecule has 2 heteroatoms. The van der Waals surface area contributed by atoms with E-state index in [1.807, 2.05) is 36.4 Å². The number of hydrogen-bond donors (Lipinski definition) is 1. The molecule has 0 aliphatic heterocycles. The Hall–Kier alpha value is -1.80. The molecule has 0 amide bonds. The lowest BCUT2D eigenvalue weighted by Crippen LogP contribution is -2.17. The van der Waals surface area contributed by atoms with Crippen LogP contribution in [-0.4, -0.2) is 6.04 Å². The minimum atomic E-state index is 0.721. The maximum atomic E-state index is 5.86. The van der Waals surface area contributed by atoms with Crippen LogP contribution in [0.5, 0.6) is 11.5 Å². The fraction of sp³-hybridized carbons (Fsp3) is 0.333. The molecule has 0 saturated heterocycles.